The monoisotopic (exact) mass is 153 g/mol. The summed E-state index contributed by atoms with van der Waals surface area (Å²) < 4.78 is 0. The van der Waals surface area contributed by atoms with E-state index in [0.29, 0.717) is 0 Å². The van der Waals surface area contributed by atoms with Gasteiger partial charge in [-0.3, -0.25) is 0 Å². The maximum atomic E-state index is 5.73. The Labute approximate surface area is 65.2 Å². The number of hydrogen-bond donors (Lipinski definition) is 1. The highest BCUT2D eigenvalue weighted by Gasteiger charge is 2.04. The van der Waals surface area contributed by atoms with Crippen molar-refractivity contribution in [1.29, 1.82) is 0 Å². The second-order valence-electron chi connectivity index (χ2n) is 2.23. The molecule has 0 aliphatic heterocycles. The van der Waals surface area contributed by atoms with Crippen LogP contribution in [0.5, 0.6) is 0 Å². The van der Waals surface area contributed by atoms with Gasteiger partial charge in [-0.2, -0.15) is 0 Å². The van der Waals surface area contributed by atoms with Crippen LogP contribution < -0.4 is 5.73 Å². The van der Waals surface area contributed by atoms with E-state index in [2.05, 4.69) is 19.6 Å². The molecule has 0 aliphatic rings. The van der Waals surface area contributed by atoms with Crippen molar-refractivity contribution in [2.24, 2.45) is 5.73 Å². The Bertz CT molecular complexity index is 227. The van der Waals surface area contributed by atoms with Gasteiger partial charge in [0.2, 0.25) is 0 Å². The summed E-state index contributed by atoms with van der Waals surface area (Å²) >= 11 is 1.69. The van der Waals surface area contributed by atoms with Crippen molar-refractivity contribution in [1.82, 2.24) is 0 Å². The minimum atomic E-state index is 0.0139. The van der Waals surface area contributed by atoms with Gasteiger partial charge in [-0.05, 0) is 23.9 Å². The standard InChI is InChI=1S/C8H11NS/c1-3-7(9)8-6(2)4-5-10-8/h3-5,7H,1,9H2,2H3. The van der Waals surface area contributed by atoms with Gasteiger partial charge in [-0.25, -0.2) is 0 Å². The van der Waals surface area contributed by atoms with Crippen molar-refractivity contribution < 1.29 is 0 Å². The molecule has 0 fully saturated rings. The van der Waals surface area contributed by atoms with E-state index >= 15 is 0 Å². The van der Waals surface area contributed by atoms with Gasteiger partial charge in [0.1, 0.15) is 0 Å². The normalized spacial score (nSPS) is 13.0. The molecule has 0 amide bonds. The second kappa shape index (κ2) is 2.99. The third kappa shape index (κ3) is 1.28. The lowest BCUT2D eigenvalue weighted by Crippen LogP contribution is -2.05. The van der Waals surface area contributed by atoms with E-state index < -0.39 is 0 Å². The zero-order chi connectivity index (χ0) is 7.56. The molecule has 0 radical (unpaired) electrons. The molecule has 0 aromatic carbocycles. The van der Waals surface area contributed by atoms with Crippen LogP contribution in [0.15, 0.2) is 24.1 Å². The highest BCUT2D eigenvalue weighted by molar-refractivity contribution is 7.10. The quantitative estimate of drug-likeness (QED) is 0.648. The summed E-state index contributed by atoms with van der Waals surface area (Å²) in [4.78, 5) is 1.22. The maximum Gasteiger partial charge on any atom is 0.0575 e. The van der Waals surface area contributed by atoms with Crippen LogP contribution in [0.25, 0.3) is 0 Å². The van der Waals surface area contributed by atoms with E-state index in [-0.39, 0.29) is 6.04 Å². The van der Waals surface area contributed by atoms with Gasteiger partial charge in [0.05, 0.1) is 6.04 Å². The molecule has 1 unspecified atom stereocenters. The summed E-state index contributed by atoms with van der Waals surface area (Å²) in [7, 11) is 0. The average Bonchev–Trinajstić information content (AvgIpc) is 2.34. The molecule has 10 heavy (non-hydrogen) atoms. The van der Waals surface area contributed by atoms with E-state index in [1.165, 1.54) is 10.4 Å². The van der Waals surface area contributed by atoms with Crippen LogP contribution in [0.3, 0.4) is 0 Å². The second-order valence-corrected chi connectivity index (χ2v) is 3.18. The summed E-state index contributed by atoms with van der Waals surface area (Å²) in [6, 6.07) is 2.09. The predicted octanol–water partition coefficient (Wildman–Crippen LogP) is 2.24. The molecule has 1 heterocycles. The van der Waals surface area contributed by atoms with Crippen LogP contribution in [0.4, 0.5) is 0 Å². The van der Waals surface area contributed by atoms with E-state index in [1.54, 1.807) is 17.4 Å². The molecule has 0 saturated carbocycles. The first kappa shape index (κ1) is 7.51. The lowest BCUT2D eigenvalue weighted by Gasteiger charge is -2.02. The molecule has 0 spiro atoms. The van der Waals surface area contributed by atoms with Crippen LogP contribution >= 0.6 is 11.3 Å². The van der Waals surface area contributed by atoms with Gasteiger partial charge in [0.15, 0.2) is 0 Å². The molecular formula is C8H11NS. The minimum Gasteiger partial charge on any atom is -0.320 e. The Morgan fingerprint density at radius 2 is 2.50 bits per heavy atom. The van der Waals surface area contributed by atoms with E-state index in [9.17, 15) is 0 Å². The molecule has 1 nitrogen and oxygen atoms in total. The van der Waals surface area contributed by atoms with Crippen LogP contribution in [0.2, 0.25) is 0 Å². The largest absolute Gasteiger partial charge is 0.320 e. The van der Waals surface area contributed by atoms with Crippen molar-refractivity contribution in [3.63, 3.8) is 0 Å². The third-order valence-corrected chi connectivity index (χ3v) is 2.58. The SMILES string of the molecule is C=CC(N)c1sccc1C. The fraction of sp³-hybridized carbons (Fsp3) is 0.250. The Balaban J connectivity index is 2.92. The van der Waals surface area contributed by atoms with Gasteiger partial charge in [0.25, 0.3) is 0 Å². The van der Waals surface area contributed by atoms with Gasteiger partial charge < -0.3 is 5.73 Å². The molecule has 1 atom stereocenters. The number of rotatable bonds is 2. The Kier molecular flexibility index (Phi) is 2.25. The first-order valence-electron chi connectivity index (χ1n) is 3.18. The molecule has 1 aromatic rings. The lowest BCUT2D eigenvalue weighted by molar-refractivity contribution is 0.930. The van der Waals surface area contributed by atoms with Crippen molar-refractivity contribution in [3.8, 4) is 0 Å². The molecule has 1 rings (SSSR count). The topological polar surface area (TPSA) is 26.0 Å². The maximum absolute atomic E-state index is 5.73. The summed E-state index contributed by atoms with van der Waals surface area (Å²) in [5.74, 6) is 0. The highest BCUT2D eigenvalue weighted by Crippen LogP contribution is 2.22. The van der Waals surface area contributed by atoms with Crippen molar-refractivity contribution in [2.45, 2.75) is 13.0 Å². The number of aryl methyl sites for hydroxylation is 1. The molecule has 1 aromatic heterocycles. The van der Waals surface area contributed by atoms with Gasteiger partial charge in [0, 0.05) is 4.88 Å². The van der Waals surface area contributed by atoms with Crippen molar-refractivity contribution in [2.75, 3.05) is 0 Å². The molecular weight excluding hydrogens is 142 g/mol. The average molecular weight is 153 g/mol. The molecule has 0 bridgehead atoms. The Morgan fingerprint density at radius 1 is 1.80 bits per heavy atom. The van der Waals surface area contributed by atoms with Crippen molar-refractivity contribution >= 4 is 11.3 Å². The Morgan fingerprint density at radius 3 is 2.90 bits per heavy atom. The van der Waals surface area contributed by atoms with E-state index in [1.807, 2.05) is 5.38 Å². The molecule has 2 heteroatoms. The summed E-state index contributed by atoms with van der Waals surface area (Å²) in [5, 5.41) is 2.05. The third-order valence-electron chi connectivity index (χ3n) is 1.46. The highest BCUT2D eigenvalue weighted by atomic mass is 32.1. The molecule has 54 valence electrons. The van der Waals surface area contributed by atoms with Gasteiger partial charge >= 0.3 is 0 Å². The Hall–Kier alpha value is -0.600. The smallest absolute Gasteiger partial charge is 0.0575 e. The van der Waals surface area contributed by atoms with E-state index in [0.717, 1.165) is 0 Å². The minimum absolute atomic E-state index is 0.0139. The summed E-state index contributed by atoms with van der Waals surface area (Å²) in [6.45, 7) is 5.70. The predicted molar refractivity (Wildman–Crippen MR) is 46.2 cm³/mol. The first-order valence-corrected chi connectivity index (χ1v) is 4.06. The molecule has 2 N–H and O–H groups in total. The van der Waals surface area contributed by atoms with Crippen LogP contribution in [-0.2, 0) is 0 Å². The molecule has 0 saturated heterocycles. The van der Waals surface area contributed by atoms with Gasteiger partial charge in [-0.15, -0.1) is 17.9 Å². The zero-order valence-corrected chi connectivity index (χ0v) is 6.82. The van der Waals surface area contributed by atoms with E-state index in [4.69, 9.17) is 5.73 Å². The van der Waals surface area contributed by atoms with Crippen LogP contribution in [0, 0.1) is 6.92 Å². The fourth-order valence-electron chi connectivity index (χ4n) is 0.833. The lowest BCUT2D eigenvalue weighted by atomic mass is 10.2. The number of hydrogen-bond acceptors (Lipinski definition) is 2. The summed E-state index contributed by atoms with van der Waals surface area (Å²) in [6.07, 6.45) is 1.76. The van der Waals surface area contributed by atoms with Gasteiger partial charge in [-0.1, -0.05) is 6.08 Å². The summed E-state index contributed by atoms with van der Waals surface area (Å²) in [5.41, 5.74) is 6.99. The molecule has 0 aliphatic carbocycles. The van der Waals surface area contributed by atoms with Crippen LogP contribution in [-0.4, -0.2) is 0 Å². The number of thiophene rings is 1. The van der Waals surface area contributed by atoms with Crippen LogP contribution in [0.1, 0.15) is 16.5 Å². The number of nitrogens with two attached hydrogens (primary N) is 1. The first-order chi connectivity index (χ1) is 4.75. The fourth-order valence-corrected chi connectivity index (χ4v) is 1.76. The zero-order valence-electron chi connectivity index (χ0n) is 6.00. The van der Waals surface area contributed by atoms with Crippen molar-refractivity contribution in [3.05, 3.63) is 34.5 Å².